The van der Waals surface area contributed by atoms with Crippen molar-refractivity contribution in [2.45, 2.75) is 26.4 Å². The zero-order valence-electron chi connectivity index (χ0n) is 12.4. The second-order valence-corrected chi connectivity index (χ2v) is 5.92. The van der Waals surface area contributed by atoms with E-state index in [0.29, 0.717) is 12.2 Å². The van der Waals surface area contributed by atoms with Crippen LogP contribution >= 0.6 is 11.8 Å². The molecule has 0 saturated carbocycles. The van der Waals surface area contributed by atoms with Crippen LogP contribution in [0, 0.1) is 10.1 Å². The van der Waals surface area contributed by atoms with E-state index in [0.717, 1.165) is 17.9 Å². The SMILES string of the molecule is CC(C)Oc1cccc(NCCSCCCO)c1[N+](=O)[O-]. The van der Waals surface area contributed by atoms with Crippen LogP contribution in [0.1, 0.15) is 20.3 Å². The van der Waals surface area contributed by atoms with Crippen LogP contribution in [0.25, 0.3) is 0 Å². The normalized spacial score (nSPS) is 10.7. The molecule has 2 N–H and O–H groups in total. The molecular formula is C14H22N2O4S. The molecule has 1 rings (SSSR count). The first-order valence-electron chi connectivity index (χ1n) is 6.92. The van der Waals surface area contributed by atoms with Gasteiger partial charge < -0.3 is 15.2 Å². The zero-order chi connectivity index (χ0) is 15.7. The van der Waals surface area contributed by atoms with Crippen molar-refractivity contribution in [3.05, 3.63) is 28.3 Å². The van der Waals surface area contributed by atoms with Gasteiger partial charge in [-0.2, -0.15) is 11.8 Å². The van der Waals surface area contributed by atoms with Crippen molar-refractivity contribution in [1.82, 2.24) is 0 Å². The van der Waals surface area contributed by atoms with Crippen LogP contribution in [0.15, 0.2) is 18.2 Å². The van der Waals surface area contributed by atoms with Crippen LogP contribution in [0.2, 0.25) is 0 Å². The first-order valence-corrected chi connectivity index (χ1v) is 8.08. The number of para-hydroxylation sites is 1. The van der Waals surface area contributed by atoms with Crippen molar-refractivity contribution < 1.29 is 14.8 Å². The second-order valence-electron chi connectivity index (χ2n) is 4.69. The van der Waals surface area contributed by atoms with Crippen molar-refractivity contribution in [1.29, 1.82) is 0 Å². The molecule has 0 unspecified atom stereocenters. The van der Waals surface area contributed by atoms with E-state index >= 15 is 0 Å². The summed E-state index contributed by atoms with van der Waals surface area (Å²) in [5.41, 5.74) is 0.451. The van der Waals surface area contributed by atoms with E-state index in [4.69, 9.17) is 9.84 Å². The maximum Gasteiger partial charge on any atom is 0.333 e. The predicted octanol–water partition coefficient (Wildman–Crippen LogP) is 2.91. The fourth-order valence-corrected chi connectivity index (χ4v) is 2.51. The number of hydrogen-bond donors (Lipinski definition) is 2. The molecule has 21 heavy (non-hydrogen) atoms. The summed E-state index contributed by atoms with van der Waals surface area (Å²) in [5.74, 6) is 2.00. The molecule has 0 atom stereocenters. The van der Waals surface area contributed by atoms with Crippen molar-refractivity contribution in [2.24, 2.45) is 0 Å². The van der Waals surface area contributed by atoms with Gasteiger partial charge in [-0.05, 0) is 38.2 Å². The van der Waals surface area contributed by atoms with Gasteiger partial charge in [-0.3, -0.25) is 10.1 Å². The van der Waals surface area contributed by atoms with Gasteiger partial charge in [0.05, 0.1) is 11.0 Å². The first-order chi connectivity index (χ1) is 10.1. The van der Waals surface area contributed by atoms with Crippen LogP contribution in [0.5, 0.6) is 5.75 Å². The number of aliphatic hydroxyl groups excluding tert-OH is 1. The quantitative estimate of drug-likeness (QED) is 0.392. The number of benzene rings is 1. The Bertz CT molecular complexity index is 455. The van der Waals surface area contributed by atoms with Gasteiger partial charge in [0.15, 0.2) is 5.75 Å². The van der Waals surface area contributed by atoms with Crippen molar-refractivity contribution in [3.63, 3.8) is 0 Å². The van der Waals surface area contributed by atoms with Gasteiger partial charge in [-0.1, -0.05) is 6.07 Å². The number of nitro groups is 1. The molecule has 0 bridgehead atoms. The number of nitro benzene ring substituents is 1. The van der Waals surface area contributed by atoms with E-state index in [1.807, 2.05) is 13.8 Å². The number of aliphatic hydroxyl groups is 1. The Morgan fingerprint density at radius 3 is 2.81 bits per heavy atom. The number of nitrogens with one attached hydrogen (secondary N) is 1. The van der Waals surface area contributed by atoms with Gasteiger partial charge >= 0.3 is 5.69 Å². The summed E-state index contributed by atoms with van der Waals surface area (Å²) in [6, 6.07) is 5.04. The molecule has 0 aliphatic rings. The molecule has 7 heteroatoms. The van der Waals surface area contributed by atoms with Crippen LogP contribution in [-0.4, -0.2) is 40.8 Å². The number of anilines is 1. The largest absolute Gasteiger partial charge is 0.484 e. The van der Waals surface area contributed by atoms with Crippen LogP contribution in [0.3, 0.4) is 0 Å². The highest BCUT2D eigenvalue weighted by Gasteiger charge is 2.21. The molecule has 6 nitrogen and oxygen atoms in total. The van der Waals surface area contributed by atoms with E-state index < -0.39 is 4.92 Å². The van der Waals surface area contributed by atoms with E-state index in [2.05, 4.69) is 5.32 Å². The summed E-state index contributed by atoms with van der Waals surface area (Å²) in [6.45, 7) is 4.49. The molecule has 0 fully saturated rings. The van der Waals surface area contributed by atoms with Gasteiger partial charge in [0.25, 0.3) is 0 Å². The molecule has 1 aromatic carbocycles. The molecule has 0 aromatic heterocycles. The summed E-state index contributed by atoms with van der Waals surface area (Å²) in [4.78, 5) is 10.8. The first kappa shape index (κ1) is 17.6. The fraction of sp³-hybridized carbons (Fsp3) is 0.571. The van der Waals surface area contributed by atoms with E-state index in [-0.39, 0.29) is 24.1 Å². The van der Waals surface area contributed by atoms with Crippen molar-refractivity contribution >= 4 is 23.1 Å². The molecule has 0 amide bonds. The maximum atomic E-state index is 11.3. The minimum Gasteiger partial charge on any atom is -0.484 e. The number of hydrogen-bond acceptors (Lipinski definition) is 6. The predicted molar refractivity (Wildman–Crippen MR) is 86.4 cm³/mol. The molecule has 0 radical (unpaired) electrons. The zero-order valence-corrected chi connectivity index (χ0v) is 13.2. The summed E-state index contributed by atoms with van der Waals surface area (Å²) in [6.07, 6.45) is 0.649. The Kier molecular flexibility index (Phi) is 7.92. The van der Waals surface area contributed by atoms with Crippen LogP contribution in [0.4, 0.5) is 11.4 Å². The van der Waals surface area contributed by atoms with E-state index in [1.165, 1.54) is 0 Å². The topological polar surface area (TPSA) is 84.6 Å². The molecule has 118 valence electrons. The molecule has 0 aliphatic heterocycles. The molecule has 0 aliphatic carbocycles. The fourth-order valence-electron chi connectivity index (χ4n) is 1.73. The summed E-state index contributed by atoms with van der Waals surface area (Å²) in [5, 5.41) is 23.0. The van der Waals surface area contributed by atoms with Gasteiger partial charge in [0, 0.05) is 18.9 Å². The van der Waals surface area contributed by atoms with Gasteiger partial charge in [-0.25, -0.2) is 0 Å². The lowest BCUT2D eigenvalue weighted by atomic mass is 10.2. The minimum atomic E-state index is -0.418. The molecule has 0 saturated heterocycles. The Hall–Kier alpha value is -1.47. The Balaban J connectivity index is 2.66. The highest BCUT2D eigenvalue weighted by Crippen LogP contribution is 2.35. The second kappa shape index (κ2) is 9.46. The molecule has 1 aromatic rings. The van der Waals surface area contributed by atoms with E-state index in [1.54, 1.807) is 30.0 Å². The highest BCUT2D eigenvalue weighted by atomic mass is 32.2. The van der Waals surface area contributed by atoms with Crippen molar-refractivity contribution in [3.8, 4) is 5.75 Å². The summed E-state index contributed by atoms with van der Waals surface area (Å²) >= 11 is 1.70. The number of ether oxygens (including phenoxy) is 1. The molecular weight excluding hydrogens is 292 g/mol. The lowest BCUT2D eigenvalue weighted by Gasteiger charge is -2.13. The lowest BCUT2D eigenvalue weighted by molar-refractivity contribution is -0.385. The lowest BCUT2D eigenvalue weighted by Crippen LogP contribution is -2.10. The average Bonchev–Trinajstić information content (AvgIpc) is 2.41. The van der Waals surface area contributed by atoms with Crippen LogP contribution < -0.4 is 10.1 Å². The third kappa shape index (κ3) is 6.22. The van der Waals surface area contributed by atoms with Crippen LogP contribution in [-0.2, 0) is 0 Å². The molecule has 0 heterocycles. The number of nitrogens with zero attached hydrogens (tertiary/aromatic N) is 1. The minimum absolute atomic E-state index is 0.0217. The average molecular weight is 314 g/mol. The third-order valence-corrected chi connectivity index (χ3v) is 3.62. The smallest absolute Gasteiger partial charge is 0.333 e. The van der Waals surface area contributed by atoms with E-state index in [9.17, 15) is 10.1 Å². The van der Waals surface area contributed by atoms with Crippen molar-refractivity contribution in [2.75, 3.05) is 30.0 Å². The Labute approximate surface area is 129 Å². The summed E-state index contributed by atoms with van der Waals surface area (Å²) in [7, 11) is 0. The van der Waals surface area contributed by atoms with Gasteiger partial charge in [0.2, 0.25) is 0 Å². The monoisotopic (exact) mass is 314 g/mol. The number of rotatable bonds is 10. The molecule has 0 spiro atoms. The number of thioether (sulfide) groups is 1. The Morgan fingerprint density at radius 1 is 1.43 bits per heavy atom. The van der Waals surface area contributed by atoms with Gasteiger partial charge in [0.1, 0.15) is 5.69 Å². The third-order valence-electron chi connectivity index (χ3n) is 2.55. The Morgan fingerprint density at radius 2 is 2.19 bits per heavy atom. The standard InChI is InChI=1S/C14H22N2O4S/c1-11(2)20-13-6-3-5-12(14(13)16(18)19)15-7-10-21-9-4-8-17/h3,5-6,11,15,17H,4,7-10H2,1-2H3. The highest BCUT2D eigenvalue weighted by molar-refractivity contribution is 7.99. The maximum absolute atomic E-state index is 11.3. The van der Waals surface area contributed by atoms with Gasteiger partial charge in [-0.15, -0.1) is 0 Å². The summed E-state index contributed by atoms with van der Waals surface area (Å²) < 4.78 is 5.49.